The van der Waals surface area contributed by atoms with Crippen LogP contribution >= 0.6 is 0 Å². The summed E-state index contributed by atoms with van der Waals surface area (Å²) in [5.74, 6) is 0. The molecule has 0 aromatic heterocycles. The number of likely N-dealkylation sites (N-methyl/N-ethyl adjacent to an activating group) is 1. The van der Waals surface area contributed by atoms with E-state index in [0.29, 0.717) is 0 Å². The smallest absolute Gasteiger partial charge is 0.170 e. The lowest BCUT2D eigenvalue weighted by Gasteiger charge is -2.17. The van der Waals surface area contributed by atoms with Crippen molar-refractivity contribution in [3.8, 4) is 0 Å². The molecule has 1 aromatic carbocycles. The van der Waals surface area contributed by atoms with E-state index in [-0.39, 0.29) is 0 Å². The third kappa shape index (κ3) is 5.12. The molecule has 7 heteroatoms. The van der Waals surface area contributed by atoms with Gasteiger partial charge in [-0.3, -0.25) is 0 Å². The van der Waals surface area contributed by atoms with Gasteiger partial charge in [-0.1, -0.05) is 6.07 Å². The summed E-state index contributed by atoms with van der Waals surface area (Å²) in [6.07, 6.45) is 3.21. The van der Waals surface area contributed by atoms with Crippen LogP contribution in [0.2, 0.25) is 0 Å². The normalized spacial score (nSPS) is 14.3. The zero-order chi connectivity index (χ0) is 13.1. The SMILES string of the molecule is C[N+]1=Cc2cccc(N)c2CC1.[O-][Cl+3]([O-])([O-])[O-]. The molecular weight excluding hydrogens is 248 g/mol. The molecule has 0 aliphatic carbocycles. The molecular formula is C10H13ClN2O4. The molecule has 1 heterocycles. The quantitative estimate of drug-likeness (QED) is 0.378. The van der Waals surface area contributed by atoms with E-state index in [0.717, 1.165) is 18.7 Å². The predicted molar refractivity (Wildman–Crippen MR) is 50.8 cm³/mol. The summed E-state index contributed by atoms with van der Waals surface area (Å²) < 4.78 is 36.2. The number of anilines is 1. The van der Waals surface area contributed by atoms with Crippen molar-refractivity contribution in [3.63, 3.8) is 0 Å². The van der Waals surface area contributed by atoms with Crippen molar-refractivity contribution < 1.29 is 33.5 Å². The fourth-order valence-corrected chi connectivity index (χ4v) is 1.62. The van der Waals surface area contributed by atoms with Gasteiger partial charge in [0.2, 0.25) is 0 Å². The fraction of sp³-hybridized carbons (Fsp3) is 0.300. The highest BCUT2D eigenvalue weighted by Gasteiger charge is 2.13. The molecule has 0 radical (unpaired) electrons. The highest BCUT2D eigenvalue weighted by molar-refractivity contribution is 5.81. The second-order valence-corrected chi connectivity index (χ2v) is 4.41. The van der Waals surface area contributed by atoms with Crippen LogP contribution in [-0.4, -0.2) is 24.4 Å². The van der Waals surface area contributed by atoms with Gasteiger partial charge in [-0.15, -0.1) is 10.2 Å². The van der Waals surface area contributed by atoms with Crippen LogP contribution in [0.25, 0.3) is 0 Å². The maximum absolute atomic E-state index is 8.49. The molecule has 1 aliphatic rings. The van der Waals surface area contributed by atoms with E-state index in [4.69, 9.17) is 24.4 Å². The Morgan fingerprint density at radius 2 is 1.82 bits per heavy atom. The highest BCUT2D eigenvalue weighted by Crippen LogP contribution is 2.18. The third-order valence-corrected chi connectivity index (χ3v) is 2.32. The Morgan fingerprint density at radius 3 is 2.41 bits per heavy atom. The van der Waals surface area contributed by atoms with Gasteiger partial charge in [-0.05, 0) is 17.7 Å². The number of nitrogens with two attached hydrogens (primary N) is 1. The number of hydrogen-bond acceptors (Lipinski definition) is 5. The Kier molecular flexibility index (Phi) is 4.44. The van der Waals surface area contributed by atoms with Crippen molar-refractivity contribution in [1.29, 1.82) is 0 Å². The lowest BCUT2D eigenvalue weighted by atomic mass is 10.0. The Balaban J connectivity index is 0.000000249. The number of nitrogen functional groups attached to an aromatic ring is 1. The summed E-state index contributed by atoms with van der Waals surface area (Å²) in [6.45, 7) is 1.07. The topological polar surface area (TPSA) is 121 Å². The first kappa shape index (κ1) is 13.9. The van der Waals surface area contributed by atoms with Gasteiger partial charge >= 0.3 is 0 Å². The van der Waals surface area contributed by atoms with E-state index in [1.165, 1.54) is 11.1 Å². The van der Waals surface area contributed by atoms with Crippen molar-refractivity contribution in [2.24, 2.45) is 0 Å². The molecule has 94 valence electrons. The Morgan fingerprint density at radius 1 is 1.24 bits per heavy atom. The highest BCUT2D eigenvalue weighted by atomic mass is 35.7. The zero-order valence-corrected chi connectivity index (χ0v) is 10.0. The fourth-order valence-electron chi connectivity index (χ4n) is 1.62. The van der Waals surface area contributed by atoms with Crippen molar-refractivity contribution in [1.82, 2.24) is 0 Å². The molecule has 17 heavy (non-hydrogen) atoms. The number of benzene rings is 1. The predicted octanol–water partition coefficient (Wildman–Crippen LogP) is -3.87. The first-order valence-electron chi connectivity index (χ1n) is 4.81. The summed E-state index contributed by atoms with van der Waals surface area (Å²) >= 11 is 0. The molecule has 1 aromatic rings. The lowest BCUT2D eigenvalue weighted by Crippen LogP contribution is -2.68. The van der Waals surface area contributed by atoms with Crippen LogP contribution in [0, 0.1) is 10.2 Å². The Bertz CT molecular complexity index is 423. The van der Waals surface area contributed by atoms with Crippen LogP contribution in [0.5, 0.6) is 0 Å². The van der Waals surface area contributed by atoms with Gasteiger partial charge in [0.1, 0.15) is 13.6 Å². The maximum Gasteiger partial charge on any atom is 0.170 e. The van der Waals surface area contributed by atoms with Crippen molar-refractivity contribution in [2.75, 3.05) is 19.3 Å². The summed E-state index contributed by atoms with van der Waals surface area (Å²) in [4.78, 5) is 0. The second-order valence-electron chi connectivity index (χ2n) is 3.65. The number of nitrogens with zero attached hydrogens (tertiary/aromatic N) is 1. The van der Waals surface area contributed by atoms with Crippen molar-refractivity contribution in [2.45, 2.75) is 6.42 Å². The van der Waals surface area contributed by atoms with Gasteiger partial charge in [0.15, 0.2) is 6.21 Å². The van der Waals surface area contributed by atoms with Crippen LogP contribution in [0.1, 0.15) is 11.1 Å². The van der Waals surface area contributed by atoms with Gasteiger partial charge in [0.25, 0.3) is 0 Å². The molecule has 0 spiro atoms. The molecule has 0 unspecified atom stereocenters. The minimum Gasteiger partial charge on any atom is -0.398 e. The first-order chi connectivity index (χ1) is 7.77. The summed E-state index contributed by atoms with van der Waals surface area (Å²) in [5, 5.41) is 0. The average molecular weight is 261 g/mol. The molecule has 0 saturated carbocycles. The van der Waals surface area contributed by atoms with E-state index >= 15 is 0 Å². The first-order valence-corrected chi connectivity index (χ1v) is 6.05. The summed E-state index contributed by atoms with van der Waals surface area (Å²) in [6, 6.07) is 6.09. The molecule has 0 saturated heterocycles. The molecule has 0 amide bonds. The molecule has 1 aliphatic heterocycles. The van der Waals surface area contributed by atoms with E-state index in [1.54, 1.807) is 0 Å². The largest absolute Gasteiger partial charge is 0.398 e. The molecule has 0 fully saturated rings. The van der Waals surface area contributed by atoms with Crippen LogP contribution in [0.3, 0.4) is 0 Å². The number of hydrogen-bond donors (Lipinski definition) is 1. The van der Waals surface area contributed by atoms with Gasteiger partial charge < -0.3 is 5.73 Å². The monoisotopic (exact) mass is 260 g/mol. The standard InChI is InChI=1S/C10H13N2.ClHO4/c1-12-6-5-9-8(7-12)3-2-4-10(9)11;2-1(3,4)5/h2-4,7H,5-6,11H2,1H3;(H,2,3,4,5)/q+1;/p-1. The molecule has 2 rings (SSSR count). The van der Waals surface area contributed by atoms with Crippen LogP contribution in [0.15, 0.2) is 18.2 Å². The van der Waals surface area contributed by atoms with Crippen molar-refractivity contribution >= 4 is 11.9 Å². The van der Waals surface area contributed by atoms with Crippen LogP contribution in [-0.2, 0) is 6.42 Å². The average Bonchev–Trinajstić information content (AvgIpc) is 2.14. The third-order valence-electron chi connectivity index (χ3n) is 2.32. The zero-order valence-electron chi connectivity index (χ0n) is 9.26. The van der Waals surface area contributed by atoms with Crippen LogP contribution in [0.4, 0.5) is 5.69 Å². The van der Waals surface area contributed by atoms with Gasteiger partial charge in [0.05, 0.1) is 0 Å². The van der Waals surface area contributed by atoms with Crippen molar-refractivity contribution in [3.05, 3.63) is 29.3 Å². The lowest BCUT2D eigenvalue weighted by molar-refractivity contribution is -2.00. The van der Waals surface area contributed by atoms with Gasteiger partial charge in [-0.2, -0.15) is 0 Å². The minimum atomic E-state index is -4.94. The van der Waals surface area contributed by atoms with E-state index in [1.807, 2.05) is 12.1 Å². The molecule has 0 atom stereocenters. The maximum atomic E-state index is 8.49. The minimum absolute atomic E-state index is 0.928. The Labute approximate surface area is 101 Å². The second kappa shape index (κ2) is 5.44. The van der Waals surface area contributed by atoms with Gasteiger partial charge in [-0.25, -0.2) is 23.2 Å². The number of fused-ring (bicyclic) bond motifs is 1. The molecule has 2 N–H and O–H groups in total. The molecule has 6 nitrogen and oxygen atoms in total. The van der Waals surface area contributed by atoms with E-state index < -0.39 is 10.2 Å². The summed E-state index contributed by atoms with van der Waals surface area (Å²) in [7, 11) is -2.86. The Hall–Kier alpha value is -1.18. The number of halogens is 1. The van der Waals surface area contributed by atoms with Crippen LogP contribution < -0.4 is 24.4 Å². The number of rotatable bonds is 0. The summed E-state index contributed by atoms with van der Waals surface area (Å²) in [5.41, 5.74) is 9.34. The molecule has 0 bridgehead atoms. The van der Waals surface area contributed by atoms with Gasteiger partial charge in [0, 0.05) is 17.7 Å². The van der Waals surface area contributed by atoms with E-state index in [9.17, 15) is 0 Å². The van der Waals surface area contributed by atoms with E-state index in [2.05, 4.69) is 23.9 Å².